The maximum atomic E-state index is 14.2. The summed E-state index contributed by atoms with van der Waals surface area (Å²) < 4.78 is 58.4. The molecule has 8 nitrogen and oxygen atoms in total. The maximum Gasteiger partial charge on any atom is 0.276 e. The Labute approximate surface area is 183 Å². The van der Waals surface area contributed by atoms with Gasteiger partial charge in [-0.25, -0.2) is 13.5 Å². The van der Waals surface area contributed by atoms with Gasteiger partial charge in [-0.1, -0.05) is 6.07 Å². The number of benzene rings is 2. The van der Waals surface area contributed by atoms with E-state index in [0.29, 0.717) is 22.9 Å². The predicted octanol–water partition coefficient (Wildman–Crippen LogP) is 2.93. The molecule has 2 aromatic heterocycles. The molecule has 0 saturated carbocycles. The molecule has 0 aliphatic heterocycles. The lowest BCUT2D eigenvalue weighted by Crippen LogP contribution is -2.19. The first-order valence-corrected chi connectivity index (χ1v) is 10.5. The SMILES string of the molecule is Cn1cc(-c2cc(CCNS(=O)[O-])ccc2Oc2ccc(F)cc2F)c2cn[nH]c2c1=O. The largest absolute Gasteiger partial charge is 0.760 e. The number of hydrogen-bond acceptors (Lipinski definition) is 5. The predicted molar refractivity (Wildman–Crippen MR) is 114 cm³/mol. The van der Waals surface area contributed by atoms with Crippen molar-refractivity contribution in [2.75, 3.05) is 6.54 Å². The Balaban J connectivity index is 1.84. The third kappa shape index (κ3) is 4.44. The Bertz CT molecular complexity index is 1390. The van der Waals surface area contributed by atoms with Crippen LogP contribution in [0.25, 0.3) is 22.0 Å². The lowest BCUT2D eigenvalue weighted by atomic mass is 9.99. The minimum absolute atomic E-state index is 0.169. The molecule has 11 heteroatoms. The smallest absolute Gasteiger partial charge is 0.276 e. The number of aryl methyl sites for hydroxylation is 1. The van der Waals surface area contributed by atoms with Crippen LogP contribution < -0.4 is 15.0 Å². The molecule has 2 aromatic carbocycles. The quantitative estimate of drug-likeness (QED) is 0.413. The van der Waals surface area contributed by atoms with E-state index in [1.165, 1.54) is 16.8 Å². The summed E-state index contributed by atoms with van der Waals surface area (Å²) in [5.41, 5.74) is 1.91. The molecular formula is C21H17F2N4O4S-. The van der Waals surface area contributed by atoms with Gasteiger partial charge >= 0.3 is 0 Å². The second-order valence-corrected chi connectivity index (χ2v) is 7.76. The molecule has 4 rings (SSSR count). The third-order valence-corrected chi connectivity index (χ3v) is 5.31. The highest BCUT2D eigenvalue weighted by molar-refractivity contribution is 7.77. The van der Waals surface area contributed by atoms with E-state index in [9.17, 15) is 22.3 Å². The molecule has 0 bridgehead atoms. The van der Waals surface area contributed by atoms with Crippen LogP contribution in [0.5, 0.6) is 11.5 Å². The Morgan fingerprint density at radius 3 is 2.72 bits per heavy atom. The summed E-state index contributed by atoms with van der Waals surface area (Å²) in [5, 5.41) is 7.17. The van der Waals surface area contributed by atoms with Crippen molar-refractivity contribution < 1.29 is 22.3 Å². The Morgan fingerprint density at radius 2 is 1.97 bits per heavy atom. The van der Waals surface area contributed by atoms with E-state index < -0.39 is 22.9 Å². The van der Waals surface area contributed by atoms with E-state index in [0.717, 1.165) is 17.7 Å². The van der Waals surface area contributed by atoms with Crippen molar-refractivity contribution >= 4 is 22.2 Å². The molecule has 0 radical (unpaired) electrons. The fourth-order valence-corrected chi connectivity index (χ4v) is 3.62. The molecule has 0 saturated heterocycles. The van der Waals surface area contributed by atoms with Crippen molar-refractivity contribution in [1.29, 1.82) is 0 Å². The monoisotopic (exact) mass is 459 g/mol. The average Bonchev–Trinajstić information content (AvgIpc) is 3.23. The zero-order valence-corrected chi connectivity index (χ0v) is 17.5. The second kappa shape index (κ2) is 8.99. The minimum Gasteiger partial charge on any atom is -0.760 e. The highest BCUT2D eigenvalue weighted by Crippen LogP contribution is 2.37. The van der Waals surface area contributed by atoms with Gasteiger partial charge in [0.05, 0.1) is 6.20 Å². The van der Waals surface area contributed by atoms with Crippen LogP contribution in [0.2, 0.25) is 0 Å². The molecule has 2 heterocycles. The number of aromatic nitrogens is 3. The van der Waals surface area contributed by atoms with E-state index in [2.05, 4.69) is 14.9 Å². The van der Waals surface area contributed by atoms with Crippen LogP contribution in [0.3, 0.4) is 0 Å². The molecule has 0 aliphatic carbocycles. The summed E-state index contributed by atoms with van der Waals surface area (Å²) in [4.78, 5) is 12.4. The molecule has 166 valence electrons. The number of ether oxygens (including phenoxy) is 1. The molecule has 4 aromatic rings. The zero-order chi connectivity index (χ0) is 22.8. The van der Waals surface area contributed by atoms with Gasteiger partial charge in [-0.15, -0.1) is 0 Å². The normalized spacial score (nSPS) is 12.2. The fraction of sp³-hybridized carbons (Fsp3) is 0.143. The standard InChI is InChI=1S/C21H18F2N4O4S/c1-27-11-16(15-10-24-26-20(15)21(27)28)14-8-12(6-7-25-32(29)30)2-4-18(14)31-19-5-3-13(22)9-17(19)23/h2-5,8-11,25H,6-7H2,1H3,(H,24,26)(H,29,30)/p-1. The Morgan fingerprint density at radius 1 is 1.19 bits per heavy atom. The van der Waals surface area contributed by atoms with Crippen LogP contribution in [0.15, 0.2) is 53.6 Å². The van der Waals surface area contributed by atoms with Gasteiger partial charge in [0.25, 0.3) is 5.56 Å². The molecule has 0 spiro atoms. The van der Waals surface area contributed by atoms with Crippen molar-refractivity contribution in [1.82, 2.24) is 19.5 Å². The molecule has 1 atom stereocenters. The first-order valence-electron chi connectivity index (χ1n) is 9.45. The van der Waals surface area contributed by atoms with Gasteiger partial charge in [-0.3, -0.25) is 14.1 Å². The van der Waals surface area contributed by atoms with Crippen LogP contribution in [0.1, 0.15) is 5.56 Å². The molecule has 0 aliphatic rings. The molecule has 0 fully saturated rings. The van der Waals surface area contributed by atoms with Crippen LogP contribution in [0, 0.1) is 11.6 Å². The van der Waals surface area contributed by atoms with Crippen molar-refractivity contribution in [2.45, 2.75) is 6.42 Å². The number of nitrogens with one attached hydrogen (secondary N) is 2. The molecule has 1 unspecified atom stereocenters. The van der Waals surface area contributed by atoms with Gasteiger partial charge in [0.15, 0.2) is 11.6 Å². The number of fused-ring (bicyclic) bond motifs is 1. The first kappa shape index (κ1) is 21.8. The van der Waals surface area contributed by atoms with E-state index in [1.54, 1.807) is 31.4 Å². The highest BCUT2D eigenvalue weighted by atomic mass is 32.2. The topological polar surface area (TPSA) is 112 Å². The summed E-state index contributed by atoms with van der Waals surface area (Å²) in [6.07, 6.45) is 3.49. The lowest BCUT2D eigenvalue weighted by molar-refractivity contribution is 0.439. The van der Waals surface area contributed by atoms with Gasteiger partial charge in [-0.2, -0.15) is 5.10 Å². The summed E-state index contributed by atoms with van der Waals surface area (Å²) in [6, 6.07) is 8.07. The van der Waals surface area contributed by atoms with Crippen LogP contribution in [0.4, 0.5) is 8.78 Å². The minimum atomic E-state index is -2.38. The molecular weight excluding hydrogens is 442 g/mol. The van der Waals surface area contributed by atoms with Gasteiger partial charge in [0.2, 0.25) is 0 Å². The van der Waals surface area contributed by atoms with Crippen molar-refractivity contribution in [3.05, 3.63) is 76.3 Å². The van der Waals surface area contributed by atoms with E-state index >= 15 is 0 Å². The van der Waals surface area contributed by atoms with E-state index in [-0.39, 0.29) is 29.1 Å². The van der Waals surface area contributed by atoms with Crippen molar-refractivity contribution in [2.24, 2.45) is 7.05 Å². The van der Waals surface area contributed by atoms with Crippen LogP contribution in [-0.2, 0) is 24.7 Å². The summed E-state index contributed by atoms with van der Waals surface area (Å²) >= 11 is -2.38. The first-order chi connectivity index (χ1) is 15.3. The number of hydrogen-bond donors (Lipinski definition) is 2. The Kier molecular flexibility index (Phi) is 6.12. The molecule has 0 amide bonds. The van der Waals surface area contributed by atoms with Gasteiger partial charge in [0, 0.05) is 53.6 Å². The van der Waals surface area contributed by atoms with E-state index in [1.807, 2.05) is 0 Å². The summed E-state index contributed by atoms with van der Waals surface area (Å²) in [6.45, 7) is 0.177. The zero-order valence-electron chi connectivity index (χ0n) is 16.7. The van der Waals surface area contributed by atoms with Gasteiger partial charge in [-0.05, 0) is 36.2 Å². The number of pyridine rings is 1. The lowest BCUT2D eigenvalue weighted by Gasteiger charge is -2.15. The molecule has 2 N–H and O–H groups in total. The molecule has 32 heavy (non-hydrogen) atoms. The Hall–Kier alpha value is -3.41. The number of H-pyrrole nitrogens is 1. The van der Waals surface area contributed by atoms with Crippen molar-refractivity contribution in [3.8, 4) is 22.6 Å². The highest BCUT2D eigenvalue weighted by Gasteiger charge is 2.17. The van der Waals surface area contributed by atoms with Crippen LogP contribution in [-0.4, -0.2) is 30.1 Å². The van der Waals surface area contributed by atoms with Crippen LogP contribution >= 0.6 is 0 Å². The third-order valence-electron chi connectivity index (χ3n) is 4.87. The second-order valence-electron chi connectivity index (χ2n) is 7.00. The number of nitrogens with zero attached hydrogens (tertiary/aromatic N) is 2. The maximum absolute atomic E-state index is 14.2. The van der Waals surface area contributed by atoms with E-state index in [4.69, 9.17) is 4.74 Å². The van der Waals surface area contributed by atoms with Gasteiger partial charge < -0.3 is 13.9 Å². The fourth-order valence-electron chi connectivity index (χ4n) is 3.35. The summed E-state index contributed by atoms with van der Waals surface area (Å²) in [7, 11) is 1.59. The average molecular weight is 459 g/mol. The van der Waals surface area contributed by atoms with Gasteiger partial charge in [0.1, 0.15) is 17.1 Å². The van der Waals surface area contributed by atoms with Crippen molar-refractivity contribution in [3.63, 3.8) is 0 Å². The number of halogens is 2. The summed E-state index contributed by atoms with van der Waals surface area (Å²) in [5.74, 6) is -1.50. The number of aromatic amines is 1. The number of rotatable bonds is 7.